The van der Waals surface area contributed by atoms with Gasteiger partial charge in [0.05, 0.1) is 23.6 Å². The monoisotopic (exact) mass is 346 g/mol. The Morgan fingerprint density at radius 2 is 2.19 bits per heavy atom. The highest BCUT2D eigenvalue weighted by molar-refractivity contribution is 7.91. The average molecular weight is 347 g/mol. The molecule has 2 heterocycles. The molecule has 21 heavy (non-hydrogen) atoms. The Balaban J connectivity index is 2.30. The fraction of sp³-hybridized carbons (Fsp3) is 0.385. The lowest BCUT2D eigenvalue weighted by Crippen LogP contribution is -2.41. The molecule has 0 N–H and O–H groups in total. The molecule has 8 heteroatoms. The smallest absolute Gasteiger partial charge is 0.258 e. The van der Waals surface area contributed by atoms with E-state index < -0.39 is 21.8 Å². The summed E-state index contributed by atoms with van der Waals surface area (Å²) in [6.45, 7) is 0.0119. The summed E-state index contributed by atoms with van der Waals surface area (Å²) in [4.78, 5) is 17.7. The summed E-state index contributed by atoms with van der Waals surface area (Å²) >= 11 is 11.6. The van der Waals surface area contributed by atoms with Crippen LogP contribution in [-0.2, 0) is 9.84 Å². The van der Waals surface area contributed by atoms with Crippen molar-refractivity contribution in [1.82, 2.24) is 9.88 Å². The van der Waals surface area contributed by atoms with Gasteiger partial charge in [0, 0.05) is 6.04 Å². The minimum Gasteiger partial charge on any atom is -0.323 e. The van der Waals surface area contributed by atoms with Gasteiger partial charge in [0.25, 0.3) is 5.91 Å². The van der Waals surface area contributed by atoms with E-state index in [0.717, 1.165) is 0 Å². The summed E-state index contributed by atoms with van der Waals surface area (Å²) in [5.41, 5.74) is 0.153. The number of carbonyl (C=O) groups excluding carboxylic acids is 1. The summed E-state index contributed by atoms with van der Waals surface area (Å²) in [7, 11) is -3.12. The van der Waals surface area contributed by atoms with E-state index in [1.165, 1.54) is 17.0 Å². The number of nitrogens with zero attached hydrogens (tertiary/aromatic N) is 2. The normalized spacial score (nSPS) is 20.0. The van der Waals surface area contributed by atoms with Crippen molar-refractivity contribution in [2.24, 2.45) is 0 Å². The van der Waals surface area contributed by atoms with Crippen LogP contribution in [0.4, 0.5) is 0 Å². The van der Waals surface area contributed by atoms with Crippen molar-refractivity contribution >= 4 is 38.9 Å². The number of halogens is 2. The lowest BCUT2D eigenvalue weighted by Gasteiger charge is -2.26. The van der Waals surface area contributed by atoms with Gasteiger partial charge in [-0.1, -0.05) is 29.1 Å². The van der Waals surface area contributed by atoms with Crippen LogP contribution in [-0.4, -0.2) is 48.3 Å². The fourth-order valence-corrected chi connectivity index (χ4v) is 4.37. The minimum atomic E-state index is -3.12. The van der Waals surface area contributed by atoms with Gasteiger partial charge in [0.15, 0.2) is 9.84 Å². The van der Waals surface area contributed by atoms with Gasteiger partial charge in [-0.3, -0.25) is 4.79 Å². The molecule has 1 atom stereocenters. The standard InChI is InChI=1S/C13H12Cl2N2O3S/c1-2-6-17(9-5-7-21(19,20)8-9)13(18)10-3-4-11(14)16-12(10)15/h1,3-4,9H,5-8H2. The molecule has 0 radical (unpaired) electrons. The van der Waals surface area contributed by atoms with Crippen LogP contribution >= 0.6 is 23.2 Å². The van der Waals surface area contributed by atoms with Crippen molar-refractivity contribution in [3.63, 3.8) is 0 Å². The van der Waals surface area contributed by atoms with Gasteiger partial charge in [-0.05, 0) is 18.6 Å². The molecule has 0 aromatic carbocycles. The minimum absolute atomic E-state index is 0.0119. The third kappa shape index (κ3) is 3.67. The number of hydrogen-bond acceptors (Lipinski definition) is 4. The Morgan fingerprint density at radius 3 is 2.71 bits per heavy atom. The van der Waals surface area contributed by atoms with E-state index in [0.29, 0.717) is 6.42 Å². The molecular weight excluding hydrogens is 335 g/mol. The summed E-state index contributed by atoms with van der Waals surface area (Å²) < 4.78 is 23.1. The van der Waals surface area contributed by atoms with Crippen LogP contribution in [0.2, 0.25) is 10.3 Å². The highest BCUT2D eigenvalue weighted by Crippen LogP contribution is 2.23. The van der Waals surface area contributed by atoms with Gasteiger partial charge in [0.2, 0.25) is 0 Å². The summed E-state index contributed by atoms with van der Waals surface area (Å²) in [5.74, 6) is 1.90. The number of pyridine rings is 1. The molecule has 5 nitrogen and oxygen atoms in total. The van der Waals surface area contributed by atoms with E-state index in [1.807, 2.05) is 0 Å². The molecule has 0 spiro atoms. The fourth-order valence-electron chi connectivity index (χ4n) is 2.21. The van der Waals surface area contributed by atoms with Crippen LogP contribution in [0.25, 0.3) is 0 Å². The van der Waals surface area contributed by atoms with Crippen molar-refractivity contribution in [2.45, 2.75) is 12.5 Å². The molecule has 0 aliphatic carbocycles. The van der Waals surface area contributed by atoms with Gasteiger partial charge in [-0.2, -0.15) is 0 Å². The third-order valence-electron chi connectivity index (χ3n) is 3.22. The summed E-state index contributed by atoms with van der Waals surface area (Å²) in [5, 5.41) is 0.138. The van der Waals surface area contributed by atoms with E-state index in [4.69, 9.17) is 29.6 Å². The summed E-state index contributed by atoms with van der Waals surface area (Å²) in [6.07, 6.45) is 5.65. The molecule has 1 aromatic rings. The van der Waals surface area contributed by atoms with Gasteiger partial charge < -0.3 is 4.90 Å². The number of amides is 1. The maximum atomic E-state index is 12.5. The predicted octanol–water partition coefficient (Wildman–Crippen LogP) is 1.65. The molecule has 1 fully saturated rings. The largest absolute Gasteiger partial charge is 0.323 e. The topological polar surface area (TPSA) is 67.3 Å². The molecule has 1 unspecified atom stereocenters. The van der Waals surface area contributed by atoms with E-state index in [9.17, 15) is 13.2 Å². The van der Waals surface area contributed by atoms with E-state index in [2.05, 4.69) is 10.9 Å². The zero-order valence-corrected chi connectivity index (χ0v) is 13.2. The maximum absolute atomic E-state index is 12.5. The number of carbonyl (C=O) groups is 1. The SMILES string of the molecule is C#CCN(C(=O)c1ccc(Cl)nc1Cl)C1CCS(=O)(=O)C1. The highest BCUT2D eigenvalue weighted by Gasteiger charge is 2.35. The Bertz CT molecular complexity index is 713. The molecule has 0 bridgehead atoms. The quantitative estimate of drug-likeness (QED) is 0.616. The van der Waals surface area contributed by atoms with Crippen molar-refractivity contribution in [3.05, 3.63) is 28.0 Å². The molecular formula is C13H12Cl2N2O3S. The Hall–Kier alpha value is -1.29. The number of aromatic nitrogens is 1. The van der Waals surface area contributed by atoms with Crippen molar-refractivity contribution in [1.29, 1.82) is 0 Å². The molecule has 1 amide bonds. The van der Waals surface area contributed by atoms with Crippen LogP contribution in [0, 0.1) is 12.3 Å². The van der Waals surface area contributed by atoms with Crippen molar-refractivity contribution in [2.75, 3.05) is 18.1 Å². The number of hydrogen-bond donors (Lipinski definition) is 0. The number of terminal acetylenes is 1. The maximum Gasteiger partial charge on any atom is 0.258 e. The number of sulfone groups is 1. The van der Waals surface area contributed by atoms with Crippen LogP contribution in [0.15, 0.2) is 12.1 Å². The molecule has 1 saturated heterocycles. The lowest BCUT2D eigenvalue weighted by molar-refractivity contribution is 0.0724. The Labute approximate surface area is 133 Å². The zero-order valence-electron chi connectivity index (χ0n) is 10.9. The third-order valence-corrected chi connectivity index (χ3v) is 5.47. The van der Waals surface area contributed by atoms with Gasteiger partial charge in [-0.15, -0.1) is 6.42 Å². The molecule has 1 aromatic heterocycles. The van der Waals surface area contributed by atoms with Gasteiger partial charge >= 0.3 is 0 Å². The number of rotatable bonds is 3. The predicted molar refractivity (Wildman–Crippen MR) is 81.2 cm³/mol. The molecule has 1 aliphatic heterocycles. The lowest BCUT2D eigenvalue weighted by atomic mass is 10.1. The van der Waals surface area contributed by atoms with Gasteiger partial charge in [-0.25, -0.2) is 13.4 Å². The van der Waals surface area contributed by atoms with Crippen molar-refractivity contribution in [3.8, 4) is 12.3 Å². The molecule has 112 valence electrons. The average Bonchev–Trinajstić information content (AvgIpc) is 2.75. The second kappa shape index (κ2) is 6.22. The van der Waals surface area contributed by atoms with Crippen LogP contribution < -0.4 is 0 Å². The summed E-state index contributed by atoms with van der Waals surface area (Å²) in [6, 6.07) is 2.46. The second-order valence-electron chi connectivity index (χ2n) is 4.67. The first-order chi connectivity index (χ1) is 9.84. The Kier molecular flexibility index (Phi) is 4.77. The van der Waals surface area contributed by atoms with Crippen LogP contribution in [0.1, 0.15) is 16.8 Å². The van der Waals surface area contributed by atoms with Gasteiger partial charge in [0.1, 0.15) is 10.3 Å². The van der Waals surface area contributed by atoms with E-state index in [1.54, 1.807) is 0 Å². The first kappa shape index (κ1) is 16.1. The first-order valence-electron chi connectivity index (χ1n) is 6.11. The molecule has 2 rings (SSSR count). The zero-order chi connectivity index (χ0) is 15.6. The second-order valence-corrected chi connectivity index (χ2v) is 7.64. The molecule has 0 saturated carbocycles. The first-order valence-corrected chi connectivity index (χ1v) is 8.68. The molecule has 1 aliphatic rings. The van der Waals surface area contributed by atoms with E-state index in [-0.39, 0.29) is 33.9 Å². The van der Waals surface area contributed by atoms with Crippen LogP contribution in [0.5, 0.6) is 0 Å². The Morgan fingerprint density at radius 1 is 1.48 bits per heavy atom. The van der Waals surface area contributed by atoms with Crippen LogP contribution in [0.3, 0.4) is 0 Å². The van der Waals surface area contributed by atoms with Crippen molar-refractivity contribution < 1.29 is 13.2 Å². The van der Waals surface area contributed by atoms with E-state index >= 15 is 0 Å². The highest BCUT2D eigenvalue weighted by atomic mass is 35.5.